The summed E-state index contributed by atoms with van der Waals surface area (Å²) in [7, 11) is 1.62. The lowest BCUT2D eigenvalue weighted by Gasteiger charge is -2.26. The Morgan fingerprint density at radius 2 is 1.95 bits per heavy atom. The fourth-order valence-corrected chi connectivity index (χ4v) is 2.77. The third-order valence-corrected chi connectivity index (χ3v) is 4.41. The van der Waals surface area contributed by atoms with Gasteiger partial charge < -0.3 is 14.7 Å². The SMILES string of the molecule is CCC(C)N(CC(=O)O)C(=O)CCSc1ccc(OC)cc1. The highest BCUT2D eigenvalue weighted by Crippen LogP contribution is 2.22. The summed E-state index contributed by atoms with van der Waals surface area (Å²) < 4.78 is 5.09. The summed E-state index contributed by atoms with van der Waals surface area (Å²) >= 11 is 1.57. The first-order chi connectivity index (χ1) is 10.5. The number of nitrogens with zero attached hydrogens (tertiary/aromatic N) is 1. The zero-order valence-electron chi connectivity index (χ0n) is 13.2. The van der Waals surface area contributed by atoms with Crippen LogP contribution in [0.2, 0.25) is 0 Å². The predicted octanol–water partition coefficient (Wildman–Crippen LogP) is 2.89. The van der Waals surface area contributed by atoms with Crippen LogP contribution in [-0.4, -0.2) is 47.3 Å². The molecule has 5 nitrogen and oxygen atoms in total. The molecule has 0 bridgehead atoms. The van der Waals surface area contributed by atoms with E-state index in [1.807, 2.05) is 38.1 Å². The van der Waals surface area contributed by atoms with Crippen LogP contribution in [0, 0.1) is 0 Å². The van der Waals surface area contributed by atoms with Gasteiger partial charge in [0, 0.05) is 23.1 Å². The van der Waals surface area contributed by atoms with Gasteiger partial charge in [0.25, 0.3) is 0 Å². The molecule has 0 saturated heterocycles. The summed E-state index contributed by atoms with van der Waals surface area (Å²) in [5, 5.41) is 8.92. The lowest BCUT2D eigenvalue weighted by Crippen LogP contribution is -2.41. The number of rotatable bonds is 9. The first kappa shape index (κ1) is 18.4. The van der Waals surface area contributed by atoms with Crippen LogP contribution in [0.25, 0.3) is 0 Å². The minimum absolute atomic E-state index is 0.0606. The normalized spacial score (nSPS) is 11.8. The quantitative estimate of drug-likeness (QED) is 0.707. The highest BCUT2D eigenvalue weighted by Gasteiger charge is 2.21. The van der Waals surface area contributed by atoms with Gasteiger partial charge in [0.2, 0.25) is 5.91 Å². The zero-order chi connectivity index (χ0) is 16.5. The summed E-state index contributed by atoms with van der Waals surface area (Å²) in [5.74, 6) is 0.330. The van der Waals surface area contributed by atoms with Crippen molar-refractivity contribution in [1.82, 2.24) is 4.90 Å². The highest BCUT2D eigenvalue weighted by atomic mass is 32.2. The lowest BCUT2D eigenvalue weighted by atomic mass is 10.2. The van der Waals surface area contributed by atoms with Crippen LogP contribution in [0.1, 0.15) is 26.7 Å². The van der Waals surface area contributed by atoms with Gasteiger partial charge in [0.15, 0.2) is 0 Å². The molecule has 0 aromatic heterocycles. The zero-order valence-corrected chi connectivity index (χ0v) is 14.1. The molecular formula is C16H23NO4S. The number of carbonyl (C=O) groups is 2. The van der Waals surface area contributed by atoms with Crippen molar-refractivity contribution in [3.05, 3.63) is 24.3 Å². The molecule has 122 valence electrons. The van der Waals surface area contributed by atoms with E-state index in [2.05, 4.69) is 0 Å². The first-order valence-corrected chi connectivity index (χ1v) is 8.24. The number of hydrogen-bond acceptors (Lipinski definition) is 4. The Balaban J connectivity index is 2.49. The van der Waals surface area contributed by atoms with E-state index in [0.29, 0.717) is 12.2 Å². The predicted molar refractivity (Wildman–Crippen MR) is 87.4 cm³/mol. The average molecular weight is 325 g/mol. The molecule has 22 heavy (non-hydrogen) atoms. The molecule has 0 aliphatic rings. The Hall–Kier alpha value is -1.69. The van der Waals surface area contributed by atoms with E-state index >= 15 is 0 Å². The van der Waals surface area contributed by atoms with Gasteiger partial charge >= 0.3 is 5.97 Å². The molecule has 0 heterocycles. The smallest absolute Gasteiger partial charge is 0.323 e. The number of ether oxygens (including phenoxy) is 1. The maximum atomic E-state index is 12.2. The molecule has 0 fully saturated rings. The first-order valence-electron chi connectivity index (χ1n) is 7.26. The third kappa shape index (κ3) is 5.97. The highest BCUT2D eigenvalue weighted by molar-refractivity contribution is 7.99. The van der Waals surface area contributed by atoms with Crippen molar-refractivity contribution in [1.29, 1.82) is 0 Å². The maximum absolute atomic E-state index is 12.2. The van der Waals surface area contributed by atoms with Crippen LogP contribution < -0.4 is 4.74 Å². The fraction of sp³-hybridized carbons (Fsp3) is 0.500. The number of carboxylic acids is 1. The van der Waals surface area contributed by atoms with Crippen molar-refractivity contribution < 1.29 is 19.4 Å². The Labute approximate surface area is 135 Å². The van der Waals surface area contributed by atoms with Crippen LogP contribution in [0.15, 0.2) is 29.2 Å². The monoisotopic (exact) mass is 325 g/mol. The van der Waals surface area contributed by atoms with Crippen LogP contribution in [0.5, 0.6) is 5.75 Å². The largest absolute Gasteiger partial charge is 0.497 e. The summed E-state index contributed by atoms with van der Waals surface area (Å²) in [6, 6.07) is 7.57. The molecule has 1 unspecified atom stereocenters. The topological polar surface area (TPSA) is 66.8 Å². The Morgan fingerprint density at radius 3 is 2.45 bits per heavy atom. The Kier molecular flexibility index (Phi) is 7.80. The van der Waals surface area contributed by atoms with Gasteiger partial charge in [-0.2, -0.15) is 0 Å². The number of methoxy groups -OCH3 is 1. The second-order valence-electron chi connectivity index (χ2n) is 4.95. The molecular weight excluding hydrogens is 302 g/mol. The van der Waals surface area contributed by atoms with Gasteiger partial charge in [-0.15, -0.1) is 11.8 Å². The van der Waals surface area contributed by atoms with Crippen LogP contribution in [0.4, 0.5) is 0 Å². The molecule has 1 N–H and O–H groups in total. The molecule has 6 heteroatoms. The van der Waals surface area contributed by atoms with Gasteiger partial charge in [-0.25, -0.2) is 0 Å². The minimum atomic E-state index is -0.976. The minimum Gasteiger partial charge on any atom is -0.497 e. The molecule has 1 atom stereocenters. The number of carbonyl (C=O) groups excluding carboxylic acids is 1. The lowest BCUT2D eigenvalue weighted by molar-refractivity contribution is -0.145. The summed E-state index contributed by atoms with van der Waals surface area (Å²) in [5.41, 5.74) is 0. The van der Waals surface area contributed by atoms with E-state index in [4.69, 9.17) is 9.84 Å². The summed E-state index contributed by atoms with van der Waals surface area (Å²) in [6.45, 7) is 3.58. The molecule has 0 aliphatic carbocycles. The van der Waals surface area contributed by atoms with Crippen LogP contribution in [-0.2, 0) is 9.59 Å². The van der Waals surface area contributed by atoms with E-state index in [9.17, 15) is 9.59 Å². The third-order valence-electron chi connectivity index (χ3n) is 3.39. The molecule has 0 spiro atoms. The van der Waals surface area contributed by atoms with E-state index in [0.717, 1.165) is 17.1 Å². The van der Waals surface area contributed by atoms with Crippen molar-refractivity contribution >= 4 is 23.6 Å². The maximum Gasteiger partial charge on any atom is 0.323 e. The average Bonchev–Trinajstić information content (AvgIpc) is 2.52. The van der Waals surface area contributed by atoms with E-state index in [1.54, 1.807) is 18.9 Å². The van der Waals surface area contributed by atoms with Crippen LogP contribution >= 0.6 is 11.8 Å². The number of carboxylic acid groups (broad SMARTS) is 1. The molecule has 0 radical (unpaired) electrons. The number of amides is 1. The van der Waals surface area contributed by atoms with E-state index < -0.39 is 5.97 Å². The summed E-state index contributed by atoms with van der Waals surface area (Å²) in [6.07, 6.45) is 1.07. The van der Waals surface area contributed by atoms with E-state index in [-0.39, 0.29) is 18.5 Å². The van der Waals surface area contributed by atoms with Crippen molar-refractivity contribution in [2.75, 3.05) is 19.4 Å². The van der Waals surface area contributed by atoms with Crippen LogP contribution in [0.3, 0.4) is 0 Å². The number of thioether (sulfide) groups is 1. The van der Waals surface area contributed by atoms with Crippen molar-refractivity contribution in [3.63, 3.8) is 0 Å². The standard InChI is InChI=1S/C16H23NO4S/c1-4-12(2)17(11-16(19)20)15(18)9-10-22-14-7-5-13(21-3)6-8-14/h5-8,12H,4,9-11H2,1-3H3,(H,19,20). The molecule has 1 rings (SSSR count). The Bertz CT molecular complexity index is 489. The molecule has 1 amide bonds. The number of aliphatic carboxylic acids is 1. The van der Waals surface area contributed by atoms with Gasteiger partial charge in [-0.1, -0.05) is 6.92 Å². The number of benzene rings is 1. The van der Waals surface area contributed by atoms with E-state index in [1.165, 1.54) is 4.90 Å². The van der Waals surface area contributed by atoms with Gasteiger partial charge in [0.05, 0.1) is 7.11 Å². The molecule has 1 aromatic rings. The summed E-state index contributed by atoms with van der Waals surface area (Å²) in [4.78, 5) is 25.6. The van der Waals surface area contributed by atoms with Gasteiger partial charge in [0.1, 0.15) is 12.3 Å². The molecule has 0 aliphatic heterocycles. The van der Waals surface area contributed by atoms with Gasteiger partial charge in [-0.3, -0.25) is 9.59 Å². The van der Waals surface area contributed by atoms with Crippen molar-refractivity contribution in [2.24, 2.45) is 0 Å². The second kappa shape index (κ2) is 9.35. The Morgan fingerprint density at radius 1 is 1.32 bits per heavy atom. The second-order valence-corrected chi connectivity index (χ2v) is 6.11. The number of hydrogen-bond donors (Lipinski definition) is 1. The van der Waals surface area contributed by atoms with Crippen molar-refractivity contribution in [3.8, 4) is 5.75 Å². The van der Waals surface area contributed by atoms with Crippen molar-refractivity contribution in [2.45, 2.75) is 37.6 Å². The van der Waals surface area contributed by atoms with Gasteiger partial charge in [-0.05, 0) is 37.6 Å². The molecule has 1 aromatic carbocycles. The molecule has 0 saturated carbocycles. The fourth-order valence-electron chi connectivity index (χ4n) is 1.93.